The van der Waals surface area contributed by atoms with E-state index in [0.29, 0.717) is 15.5 Å². The predicted molar refractivity (Wildman–Crippen MR) is 73.2 cm³/mol. The molecule has 0 unspecified atom stereocenters. The summed E-state index contributed by atoms with van der Waals surface area (Å²) < 4.78 is 7.09. The van der Waals surface area contributed by atoms with Crippen LogP contribution in [0.1, 0.15) is 10.5 Å². The van der Waals surface area contributed by atoms with Gasteiger partial charge in [-0.05, 0) is 12.1 Å². The van der Waals surface area contributed by atoms with E-state index in [1.807, 2.05) is 6.07 Å². The predicted octanol–water partition coefficient (Wildman–Crippen LogP) is 2.35. The van der Waals surface area contributed by atoms with E-state index in [9.17, 15) is 9.59 Å². The molecule has 96 valence electrons. The number of halogens is 1. The fourth-order valence-corrected chi connectivity index (χ4v) is 3.27. The van der Waals surface area contributed by atoms with Crippen LogP contribution in [0.2, 0.25) is 5.02 Å². The summed E-state index contributed by atoms with van der Waals surface area (Å²) in [6.07, 6.45) is 0. The van der Waals surface area contributed by atoms with Crippen molar-refractivity contribution in [2.24, 2.45) is 0 Å². The lowest BCUT2D eigenvalue weighted by Crippen LogP contribution is -2.15. The number of hydrogen-bond acceptors (Lipinski definition) is 5. The third-order valence-electron chi connectivity index (χ3n) is 2.67. The standard InChI is InChI=1S/C12H7ClN2O3S/c1-18-11(17)7-5-9(16)14-12-15(7)10-6(13)3-2-4-8(10)19-12/h2-5H,1H3. The van der Waals surface area contributed by atoms with Crippen molar-refractivity contribution in [3.63, 3.8) is 0 Å². The van der Waals surface area contributed by atoms with E-state index in [-0.39, 0.29) is 5.69 Å². The second-order valence-electron chi connectivity index (χ2n) is 3.78. The largest absolute Gasteiger partial charge is 0.464 e. The van der Waals surface area contributed by atoms with Crippen molar-refractivity contribution in [2.75, 3.05) is 7.11 Å². The van der Waals surface area contributed by atoms with Crippen molar-refractivity contribution < 1.29 is 9.53 Å². The molecule has 5 nitrogen and oxygen atoms in total. The first-order valence-electron chi connectivity index (χ1n) is 5.31. The van der Waals surface area contributed by atoms with Crippen LogP contribution in [0.15, 0.2) is 29.1 Å². The molecule has 0 aliphatic heterocycles. The molecule has 0 fully saturated rings. The Morgan fingerprint density at radius 3 is 3.00 bits per heavy atom. The Morgan fingerprint density at radius 2 is 2.26 bits per heavy atom. The van der Waals surface area contributed by atoms with E-state index in [1.54, 1.807) is 16.5 Å². The van der Waals surface area contributed by atoms with Crippen molar-refractivity contribution in [1.82, 2.24) is 9.38 Å². The van der Waals surface area contributed by atoms with Crippen LogP contribution in [0.4, 0.5) is 0 Å². The highest BCUT2D eigenvalue weighted by atomic mass is 35.5. The molecule has 0 aliphatic carbocycles. The summed E-state index contributed by atoms with van der Waals surface area (Å²) in [6, 6.07) is 6.52. The molecule has 7 heteroatoms. The minimum Gasteiger partial charge on any atom is -0.464 e. The van der Waals surface area contributed by atoms with Crippen LogP contribution in [0.25, 0.3) is 15.2 Å². The highest BCUT2D eigenvalue weighted by molar-refractivity contribution is 7.23. The molecule has 0 N–H and O–H groups in total. The number of ether oxygens (including phenoxy) is 1. The molecule has 19 heavy (non-hydrogen) atoms. The number of thiazole rings is 1. The lowest BCUT2D eigenvalue weighted by atomic mass is 10.3. The molecule has 2 aromatic heterocycles. The monoisotopic (exact) mass is 294 g/mol. The topological polar surface area (TPSA) is 60.7 Å². The maximum absolute atomic E-state index is 11.8. The van der Waals surface area contributed by atoms with Crippen LogP contribution in [0.3, 0.4) is 0 Å². The summed E-state index contributed by atoms with van der Waals surface area (Å²) in [6.45, 7) is 0. The molecular weight excluding hydrogens is 288 g/mol. The highest BCUT2D eigenvalue weighted by Gasteiger charge is 2.17. The van der Waals surface area contributed by atoms with Gasteiger partial charge in [0.25, 0.3) is 5.56 Å². The molecule has 0 bridgehead atoms. The Bertz CT molecular complexity index is 868. The molecule has 0 saturated heterocycles. The normalized spacial score (nSPS) is 11.1. The minimum atomic E-state index is -0.603. The number of benzene rings is 1. The number of fused-ring (bicyclic) bond motifs is 3. The lowest BCUT2D eigenvalue weighted by Gasteiger charge is -2.04. The van der Waals surface area contributed by atoms with Gasteiger partial charge in [0, 0.05) is 6.07 Å². The zero-order chi connectivity index (χ0) is 13.6. The number of nitrogens with zero attached hydrogens (tertiary/aromatic N) is 2. The fraction of sp³-hybridized carbons (Fsp3) is 0.0833. The molecule has 1 aromatic carbocycles. The number of carbonyl (C=O) groups is 1. The number of para-hydroxylation sites is 1. The van der Waals surface area contributed by atoms with Gasteiger partial charge in [-0.2, -0.15) is 4.98 Å². The zero-order valence-corrected chi connectivity index (χ0v) is 11.3. The first-order valence-corrected chi connectivity index (χ1v) is 6.50. The van der Waals surface area contributed by atoms with E-state index in [1.165, 1.54) is 18.4 Å². The molecule has 0 amide bonds. The van der Waals surface area contributed by atoms with Gasteiger partial charge in [0.05, 0.1) is 22.3 Å². The second kappa shape index (κ2) is 4.32. The maximum Gasteiger partial charge on any atom is 0.355 e. The molecule has 0 saturated carbocycles. The SMILES string of the molecule is COC(=O)c1cc(=O)nc2sc3cccc(Cl)c3n12. The van der Waals surface area contributed by atoms with Gasteiger partial charge in [-0.25, -0.2) is 4.79 Å². The van der Waals surface area contributed by atoms with Gasteiger partial charge in [-0.1, -0.05) is 29.0 Å². The zero-order valence-electron chi connectivity index (χ0n) is 9.71. The van der Waals surface area contributed by atoms with Crippen LogP contribution in [-0.2, 0) is 4.74 Å². The van der Waals surface area contributed by atoms with Gasteiger partial charge >= 0.3 is 5.97 Å². The number of carbonyl (C=O) groups excluding carboxylic acids is 1. The van der Waals surface area contributed by atoms with E-state index >= 15 is 0 Å². The van der Waals surface area contributed by atoms with Gasteiger partial charge in [0.2, 0.25) is 0 Å². The molecule has 0 atom stereocenters. The summed E-state index contributed by atoms with van der Waals surface area (Å²) in [5.41, 5.74) is 0.289. The lowest BCUT2D eigenvalue weighted by molar-refractivity contribution is 0.0592. The van der Waals surface area contributed by atoms with Crippen molar-refractivity contribution in [3.05, 3.63) is 45.3 Å². The average molecular weight is 295 g/mol. The molecular formula is C12H7ClN2O3S. The fourth-order valence-electron chi connectivity index (χ4n) is 1.89. The first-order chi connectivity index (χ1) is 9.11. The molecule has 3 aromatic rings. The first kappa shape index (κ1) is 12.1. The summed E-state index contributed by atoms with van der Waals surface area (Å²) in [7, 11) is 1.26. The quantitative estimate of drug-likeness (QED) is 0.646. The molecule has 2 heterocycles. The smallest absolute Gasteiger partial charge is 0.355 e. The van der Waals surface area contributed by atoms with E-state index in [4.69, 9.17) is 16.3 Å². The van der Waals surface area contributed by atoms with E-state index in [2.05, 4.69) is 4.98 Å². The van der Waals surface area contributed by atoms with Gasteiger partial charge in [0.15, 0.2) is 4.96 Å². The Balaban J connectivity index is 2.58. The van der Waals surface area contributed by atoms with Crippen LogP contribution in [0.5, 0.6) is 0 Å². The second-order valence-corrected chi connectivity index (χ2v) is 5.19. The van der Waals surface area contributed by atoms with Crippen LogP contribution in [-0.4, -0.2) is 22.5 Å². The third kappa shape index (κ3) is 1.80. The molecule has 0 spiro atoms. The summed E-state index contributed by atoms with van der Waals surface area (Å²) >= 11 is 7.46. The number of hydrogen-bond donors (Lipinski definition) is 0. The van der Waals surface area contributed by atoms with Crippen molar-refractivity contribution in [1.29, 1.82) is 0 Å². The Labute approximate surface area is 116 Å². The number of methoxy groups -OCH3 is 1. The van der Waals surface area contributed by atoms with Crippen LogP contribution in [0, 0.1) is 0 Å². The number of rotatable bonds is 1. The highest BCUT2D eigenvalue weighted by Crippen LogP contribution is 2.31. The van der Waals surface area contributed by atoms with Crippen LogP contribution >= 0.6 is 22.9 Å². The summed E-state index contributed by atoms with van der Waals surface area (Å²) in [4.78, 5) is 27.6. The number of aromatic nitrogens is 2. The van der Waals surface area contributed by atoms with Crippen molar-refractivity contribution in [2.45, 2.75) is 0 Å². The van der Waals surface area contributed by atoms with Gasteiger partial charge in [-0.3, -0.25) is 9.20 Å². The molecule has 0 radical (unpaired) electrons. The minimum absolute atomic E-state index is 0.122. The van der Waals surface area contributed by atoms with Crippen molar-refractivity contribution >= 4 is 44.1 Å². The van der Waals surface area contributed by atoms with Gasteiger partial charge in [-0.15, -0.1) is 0 Å². The van der Waals surface area contributed by atoms with Crippen LogP contribution < -0.4 is 5.56 Å². The molecule has 3 rings (SSSR count). The Hall–Kier alpha value is -1.92. The molecule has 0 aliphatic rings. The third-order valence-corrected chi connectivity index (χ3v) is 3.98. The maximum atomic E-state index is 11.8. The van der Waals surface area contributed by atoms with E-state index < -0.39 is 11.5 Å². The van der Waals surface area contributed by atoms with Gasteiger partial charge < -0.3 is 4.74 Å². The Morgan fingerprint density at radius 1 is 1.47 bits per heavy atom. The summed E-state index contributed by atoms with van der Waals surface area (Å²) in [5, 5.41) is 0.486. The van der Waals surface area contributed by atoms with E-state index in [0.717, 1.165) is 10.8 Å². The van der Waals surface area contributed by atoms with Gasteiger partial charge in [0.1, 0.15) is 5.69 Å². The number of esters is 1. The Kier molecular flexibility index (Phi) is 2.76. The average Bonchev–Trinajstić information content (AvgIpc) is 2.76. The summed E-state index contributed by atoms with van der Waals surface area (Å²) in [5.74, 6) is -0.603. The van der Waals surface area contributed by atoms with Crippen molar-refractivity contribution in [3.8, 4) is 0 Å².